The highest BCUT2D eigenvalue weighted by Crippen LogP contribution is 2.14. The van der Waals surface area contributed by atoms with E-state index in [4.69, 9.17) is 0 Å². The molecule has 0 aliphatic rings. The number of carbonyl (C=O) groups excluding carboxylic acids is 1. The van der Waals surface area contributed by atoms with Gasteiger partial charge in [0.05, 0.1) is 4.47 Å². The molecule has 0 amide bonds. The van der Waals surface area contributed by atoms with E-state index in [1.54, 1.807) is 0 Å². The van der Waals surface area contributed by atoms with Crippen molar-refractivity contribution in [1.29, 1.82) is 0 Å². The highest BCUT2D eigenvalue weighted by molar-refractivity contribution is 9.10. The Hall–Kier alpha value is -1.00. The Morgan fingerprint density at radius 1 is 1.11 bits per heavy atom. The predicted octanol–water partition coefficient (Wildman–Crippen LogP) is 3.94. The number of halogens is 2. The average Bonchev–Trinajstić information content (AvgIpc) is 2.38. The topological polar surface area (TPSA) is 20.9 Å². The van der Waals surface area contributed by atoms with Crippen molar-refractivity contribution in [2.24, 2.45) is 0 Å². The van der Waals surface area contributed by atoms with Gasteiger partial charge in [0.25, 0.3) is 0 Å². The first-order valence-corrected chi connectivity index (χ1v) is 7.12. The number of benzene rings is 1. The number of aromatic nitrogens is 1. The first-order chi connectivity index (χ1) is 8.58. The van der Waals surface area contributed by atoms with Crippen LogP contribution < -0.4 is 4.57 Å². The van der Waals surface area contributed by atoms with Crippen LogP contribution in [0.4, 0.5) is 0 Å². The summed E-state index contributed by atoms with van der Waals surface area (Å²) < 4.78 is 3.83. The molecule has 2 rings (SSSR count). The standard InChI is InChI=1S/C14H12Br2NO/c1-10(17-8-2-3-13(16)9-17)14(18)11-4-6-12(15)7-5-11/h2-10H,1H3/q+1/t10-/m0/s1. The number of hydrogen-bond donors (Lipinski definition) is 0. The Labute approximate surface area is 123 Å². The van der Waals surface area contributed by atoms with Gasteiger partial charge in [0, 0.05) is 23.0 Å². The molecule has 0 saturated carbocycles. The Balaban J connectivity index is 2.26. The molecule has 4 heteroatoms. The van der Waals surface area contributed by atoms with Gasteiger partial charge < -0.3 is 0 Å². The Bertz CT molecular complexity index is 566. The molecule has 2 aromatic rings. The molecular weight excluding hydrogens is 358 g/mol. The molecule has 1 heterocycles. The minimum atomic E-state index is -0.219. The van der Waals surface area contributed by atoms with E-state index in [0.717, 1.165) is 14.5 Å². The van der Waals surface area contributed by atoms with Gasteiger partial charge in [-0.25, -0.2) is 0 Å². The molecule has 0 unspecified atom stereocenters. The van der Waals surface area contributed by atoms with Crippen molar-refractivity contribution in [2.45, 2.75) is 13.0 Å². The van der Waals surface area contributed by atoms with Crippen molar-refractivity contribution in [3.8, 4) is 0 Å². The SMILES string of the molecule is C[C@@H](C(=O)c1ccc(Br)cc1)[n+]1cccc(Br)c1. The van der Waals surface area contributed by atoms with Crippen molar-refractivity contribution in [3.05, 3.63) is 63.3 Å². The average molecular weight is 370 g/mol. The fourth-order valence-corrected chi connectivity index (χ4v) is 2.35. The zero-order chi connectivity index (χ0) is 13.1. The van der Waals surface area contributed by atoms with Crippen LogP contribution in [0.1, 0.15) is 23.3 Å². The summed E-state index contributed by atoms with van der Waals surface area (Å²) in [4.78, 5) is 12.3. The third-order valence-electron chi connectivity index (χ3n) is 2.74. The van der Waals surface area contributed by atoms with Crippen molar-refractivity contribution in [3.63, 3.8) is 0 Å². The molecule has 0 aliphatic carbocycles. The molecular formula is C14H12Br2NO+. The van der Waals surface area contributed by atoms with Crippen molar-refractivity contribution in [1.82, 2.24) is 0 Å². The van der Waals surface area contributed by atoms with Gasteiger partial charge in [0.2, 0.25) is 11.8 Å². The van der Waals surface area contributed by atoms with Gasteiger partial charge in [-0.15, -0.1) is 0 Å². The largest absolute Gasteiger partial charge is 0.287 e. The molecule has 1 atom stereocenters. The van der Waals surface area contributed by atoms with E-state index in [0.29, 0.717) is 0 Å². The second-order valence-electron chi connectivity index (χ2n) is 4.02. The first kappa shape index (κ1) is 13.4. The lowest BCUT2D eigenvalue weighted by molar-refractivity contribution is -0.705. The molecule has 0 spiro atoms. The van der Waals surface area contributed by atoms with E-state index in [-0.39, 0.29) is 11.8 Å². The lowest BCUT2D eigenvalue weighted by Gasteiger charge is -2.06. The van der Waals surface area contributed by atoms with Gasteiger partial charge in [-0.2, -0.15) is 4.57 Å². The smallest absolute Gasteiger partial charge is 0.230 e. The lowest BCUT2D eigenvalue weighted by atomic mass is 10.1. The molecule has 18 heavy (non-hydrogen) atoms. The highest BCUT2D eigenvalue weighted by atomic mass is 79.9. The van der Waals surface area contributed by atoms with Crippen LogP contribution in [-0.2, 0) is 0 Å². The number of ketones is 1. The molecule has 0 fully saturated rings. The van der Waals surface area contributed by atoms with E-state index >= 15 is 0 Å². The molecule has 1 aromatic carbocycles. The number of rotatable bonds is 3. The Morgan fingerprint density at radius 2 is 1.78 bits per heavy atom. The first-order valence-electron chi connectivity index (χ1n) is 5.54. The molecule has 0 bridgehead atoms. The zero-order valence-electron chi connectivity index (χ0n) is 9.81. The van der Waals surface area contributed by atoms with Crippen molar-refractivity contribution < 1.29 is 9.36 Å². The van der Waals surface area contributed by atoms with E-state index in [9.17, 15) is 4.79 Å². The van der Waals surface area contributed by atoms with Gasteiger partial charge in [-0.1, -0.05) is 28.1 Å². The van der Waals surface area contributed by atoms with Crippen LogP contribution in [0.15, 0.2) is 57.7 Å². The monoisotopic (exact) mass is 368 g/mol. The fourth-order valence-electron chi connectivity index (χ4n) is 1.69. The molecule has 0 saturated heterocycles. The Morgan fingerprint density at radius 3 is 2.39 bits per heavy atom. The van der Waals surface area contributed by atoms with Crippen molar-refractivity contribution in [2.75, 3.05) is 0 Å². The number of carbonyl (C=O) groups is 1. The van der Waals surface area contributed by atoms with Crippen LogP contribution in [0.3, 0.4) is 0 Å². The minimum Gasteiger partial charge on any atom is -0.287 e. The normalized spacial score (nSPS) is 12.2. The van der Waals surface area contributed by atoms with E-state index in [2.05, 4.69) is 31.9 Å². The molecule has 2 nitrogen and oxygen atoms in total. The van der Waals surface area contributed by atoms with Crippen LogP contribution in [0.25, 0.3) is 0 Å². The summed E-state index contributed by atoms with van der Waals surface area (Å²) in [6, 6.07) is 11.1. The minimum absolute atomic E-state index is 0.102. The summed E-state index contributed by atoms with van der Waals surface area (Å²) in [5.74, 6) is 0.102. The number of Topliss-reactive ketones (excluding diaryl/α,β-unsaturated/α-hetero) is 1. The van der Waals surface area contributed by atoms with Crippen LogP contribution >= 0.6 is 31.9 Å². The van der Waals surface area contributed by atoms with Crippen LogP contribution in [0.5, 0.6) is 0 Å². The van der Waals surface area contributed by atoms with Gasteiger partial charge >= 0.3 is 0 Å². The van der Waals surface area contributed by atoms with Gasteiger partial charge in [-0.05, 0) is 34.1 Å². The van der Waals surface area contributed by atoms with Crippen LogP contribution in [0, 0.1) is 0 Å². The van der Waals surface area contributed by atoms with Crippen LogP contribution in [-0.4, -0.2) is 5.78 Å². The summed E-state index contributed by atoms with van der Waals surface area (Å²) in [6.07, 6.45) is 3.80. The van der Waals surface area contributed by atoms with E-state index in [1.165, 1.54) is 0 Å². The molecule has 0 radical (unpaired) electrons. The lowest BCUT2D eigenvalue weighted by Crippen LogP contribution is -2.41. The second kappa shape index (κ2) is 5.76. The molecule has 0 aliphatic heterocycles. The summed E-state index contributed by atoms with van der Waals surface area (Å²) in [5.41, 5.74) is 0.721. The predicted molar refractivity (Wildman–Crippen MR) is 77.5 cm³/mol. The molecule has 0 N–H and O–H groups in total. The quantitative estimate of drug-likeness (QED) is 0.592. The number of hydrogen-bond acceptors (Lipinski definition) is 1. The number of pyridine rings is 1. The molecule has 92 valence electrons. The van der Waals surface area contributed by atoms with E-state index in [1.807, 2.05) is 60.3 Å². The van der Waals surface area contributed by atoms with Gasteiger partial charge in [0.15, 0.2) is 12.4 Å². The third-order valence-corrected chi connectivity index (χ3v) is 3.74. The van der Waals surface area contributed by atoms with Gasteiger partial charge in [0.1, 0.15) is 0 Å². The van der Waals surface area contributed by atoms with E-state index < -0.39 is 0 Å². The second-order valence-corrected chi connectivity index (χ2v) is 5.85. The number of nitrogens with zero attached hydrogens (tertiary/aromatic N) is 1. The summed E-state index contributed by atoms with van der Waals surface area (Å²) >= 11 is 6.77. The maximum atomic E-state index is 12.3. The maximum absolute atomic E-state index is 12.3. The summed E-state index contributed by atoms with van der Waals surface area (Å²) in [6.45, 7) is 1.90. The highest BCUT2D eigenvalue weighted by Gasteiger charge is 2.23. The van der Waals surface area contributed by atoms with Crippen molar-refractivity contribution >= 4 is 37.6 Å². The summed E-state index contributed by atoms with van der Waals surface area (Å²) in [7, 11) is 0. The van der Waals surface area contributed by atoms with Gasteiger partial charge in [-0.3, -0.25) is 4.79 Å². The molecule has 1 aromatic heterocycles. The Kier molecular flexibility index (Phi) is 4.30. The maximum Gasteiger partial charge on any atom is 0.230 e. The fraction of sp³-hybridized carbons (Fsp3) is 0.143. The summed E-state index contributed by atoms with van der Waals surface area (Å²) in [5, 5.41) is 0. The zero-order valence-corrected chi connectivity index (χ0v) is 13.0. The van der Waals surface area contributed by atoms with Crippen LogP contribution in [0.2, 0.25) is 0 Å². The third kappa shape index (κ3) is 3.06.